The Morgan fingerprint density at radius 1 is 1.44 bits per heavy atom. The fourth-order valence-electron chi connectivity index (χ4n) is 1.60. The molecule has 0 bridgehead atoms. The van der Waals surface area contributed by atoms with E-state index in [1.54, 1.807) is 13.0 Å². The number of carbonyl (C=O) groups excluding carboxylic acids is 2. The third kappa shape index (κ3) is 2.56. The normalized spacial score (nSPS) is 10.5. The monoisotopic (exact) mass is 264 g/mol. The van der Waals surface area contributed by atoms with Crippen LogP contribution < -0.4 is 0 Å². The second-order valence-corrected chi connectivity index (χ2v) is 4.49. The number of fused-ring (bicyclic) bond motifs is 1. The van der Waals surface area contributed by atoms with Crippen LogP contribution in [-0.4, -0.2) is 24.6 Å². The highest BCUT2D eigenvalue weighted by atomic mass is 32.2. The lowest BCUT2D eigenvalue weighted by atomic mass is 10.2. The average Bonchev–Trinajstić information content (AvgIpc) is 2.74. The van der Waals surface area contributed by atoms with Crippen molar-refractivity contribution >= 4 is 35.0 Å². The topological polar surface area (TPSA) is 56.5 Å². The third-order valence-electron chi connectivity index (χ3n) is 2.32. The molecule has 0 spiro atoms. The Kier molecular flexibility index (Phi) is 4.04. The molecular weight excluding hydrogens is 252 g/mol. The molecule has 5 heteroatoms. The van der Waals surface area contributed by atoms with Gasteiger partial charge in [0.1, 0.15) is 5.58 Å². The molecular formula is C13H12O4S. The summed E-state index contributed by atoms with van der Waals surface area (Å²) >= 11 is 1.26. The highest BCUT2D eigenvalue weighted by Crippen LogP contribution is 2.33. The number of esters is 1. The Morgan fingerprint density at radius 2 is 2.22 bits per heavy atom. The van der Waals surface area contributed by atoms with Crippen LogP contribution in [0.25, 0.3) is 11.0 Å². The van der Waals surface area contributed by atoms with Crippen LogP contribution in [0.15, 0.2) is 33.6 Å². The van der Waals surface area contributed by atoms with Gasteiger partial charge in [-0.1, -0.05) is 12.1 Å². The number of aldehydes is 1. The standard InChI is InChI=1S/C13H12O4S/c1-2-16-12(15)8-18-13-9-5-3-4-6-10(9)17-11(13)7-14/h3-7H,2,8H2,1H3. The lowest BCUT2D eigenvalue weighted by Gasteiger charge is -2.00. The summed E-state index contributed by atoms with van der Waals surface area (Å²) in [4.78, 5) is 22.9. The van der Waals surface area contributed by atoms with Crippen molar-refractivity contribution < 1.29 is 18.7 Å². The van der Waals surface area contributed by atoms with Crippen molar-refractivity contribution in [3.05, 3.63) is 30.0 Å². The molecule has 0 N–H and O–H groups in total. The second-order valence-electron chi connectivity index (χ2n) is 3.50. The first-order valence-corrected chi connectivity index (χ1v) is 6.50. The van der Waals surface area contributed by atoms with E-state index >= 15 is 0 Å². The molecule has 0 aliphatic carbocycles. The minimum atomic E-state index is -0.301. The molecule has 0 fully saturated rings. The van der Waals surface area contributed by atoms with Crippen LogP contribution in [-0.2, 0) is 9.53 Å². The van der Waals surface area contributed by atoms with E-state index in [2.05, 4.69) is 0 Å². The maximum absolute atomic E-state index is 11.3. The quantitative estimate of drug-likeness (QED) is 0.472. The Morgan fingerprint density at radius 3 is 2.94 bits per heavy atom. The van der Waals surface area contributed by atoms with Gasteiger partial charge in [0.2, 0.25) is 0 Å². The summed E-state index contributed by atoms with van der Waals surface area (Å²) in [6, 6.07) is 7.34. The van der Waals surface area contributed by atoms with Crippen LogP contribution in [0.4, 0.5) is 0 Å². The molecule has 0 radical (unpaired) electrons. The number of ether oxygens (including phenoxy) is 1. The van der Waals surface area contributed by atoms with Crippen LogP contribution >= 0.6 is 11.8 Å². The van der Waals surface area contributed by atoms with Crippen LogP contribution in [0, 0.1) is 0 Å². The van der Waals surface area contributed by atoms with Gasteiger partial charge in [-0.2, -0.15) is 0 Å². The van der Waals surface area contributed by atoms with Crippen LogP contribution in [0.2, 0.25) is 0 Å². The predicted molar refractivity (Wildman–Crippen MR) is 69.0 cm³/mol. The molecule has 1 heterocycles. The van der Waals surface area contributed by atoms with Crippen LogP contribution in [0.5, 0.6) is 0 Å². The molecule has 2 rings (SSSR count). The Hall–Kier alpha value is -1.75. The number of para-hydroxylation sites is 1. The van der Waals surface area contributed by atoms with E-state index in [1.807, 2.05) is 18.2 Å². The van der Waals surface area contributed by atoms with Crippen molar-refractivity contribution in [2.45, 2.75) is 11.8 Å². The maximum atomic E-state index is 11.3. The summed E-state index contributed by atoms with van der Waals surface area (Å²) < 4.78 is 10.2. The van der Waals surface area contributed by atoms with E-state index in [-0.39, 0.29) is 17.5 Å². The summed E-state index contributed by atoms with van der Waals surface area (Å²) in [6.07, 6.45) is 0.660. The predicted octanol–water partition coefficient (Wildman–Crippen LogP) is 2.90. The summed E-state index contributed by atoms with van der Waals surface area (Å²) in [7, 11) is 0. The van der Waals surface area contributed by atoms with Gasteiger partial charge in [-0.15, -0.1) is 11.8 Å². The number of benzene rings is 1. The van der Waals surface area contributed by atoms with E-state index in [1.165, 1.54) is 11.8 Å². The number of thioether (sulfide) groups is 1. The molecule has 0 saturated carbocycles. The van der Waals surface area contributed by atoms with E-state index in [0.717, 1.165) is 5.39 Å². The fraction of sp³-hybridized carbons (Fsp3) is 0.231. The minimum Gasteiger partial charge on any atom is -0.465 e. The lowest BCUT2D eigenvalue weighted by molar-refractivity contribution is -0.139. The van der Waals surface area contributed by atoms with E-state index in [4.69, 9.17) is 9.15 Å². The van der Waals surface area contributed by atoms with Gasteiger partial charge in [-0.25, -0.2) is 0 Å². The summed E-state index contributed by atoms with van der Waals surface area (Å²) in [5.74, 6) is 0.119. The molecule has 0 unspecified atom stereocenters. The molecule has 4 nitrogen and oxygen atoms in total. The molecule has 0 aliphatic rings. The van der Waals surface area contributed by atoms with E-state index < -0.39 is 0 Å². The maximum Gasteiger partial charge on any atom is 0.316 e. The van der Waals surface area contributed by atoms with E-state index in [0.29, 0.717) is 23.4 Å². The number of rotatable bonds is 5. The minimum absolute atomic E-state index is 0.165. The number of hydrogen-bond acceptors (Lipinski definition) is 5. The molecule has 1 aromatic heterocycles. The first-order chi connectivity index (χ1) is 8.76. The highest BCUT2D eigenvalue weighted by Gasteiger charge is 2.15. The fourth-order valence-corrected chi connectivity index (χ4v) is 2.50. The Bertz CT molecular complexity index is 573. The first kappa shape index (κ1) is 12.7. The zero-order valence-corrected chi connectivity index (χ0v) is 10.7. The lowest BCUT2D eigenvalue weighted by Crippen LogP contribution is -2.06. The zero-order chi connectivity index (χ0) is 13.0. The molecule has 2 aromatic rings. The van der Waals surface area contributed by atoms with Crippen molar-refractivity contribution in [1.82, 2.24) is 0 Å². The average molecular weight is 264 g/mol. The van der Waals surface area contributed by atoms with Gasteiger partial charge in [-0.05, 0) is 19.1 Å². The SMILES string of the molecule is CCOC(=O)CSc1c(C=O)oc2ccccc12. The smallest absolute Gasteiger partial charge is 0.316 e. The first-order valence-electron chi connectivity index (χ1n) is 5.51. The molecule has 0 saturated heterocycles. The molecule has 1 aromatic carbocycles. The highest BCUT2D eigenvalue weighted by molar-refractivity contribution is 8.00. The number of carbonyl (C=O) groups is 2. The van der Waals surface area contributed by atoms with Gasteiger partial charge < -0.3 is 9.15 Å². The van der Waals surface area contributed by atoms with Gasteiger partial charge >= 0.3 is 5.97 Å². The van der Waals surface area contributed by atoms with Gasteiger partial charge in [0.25, 0.3) is 0 Å². The van der Waals surface area contributed by atoms with Crippen LogP contribution in [0.3, 0.4) is 0 Å². The zero-order valence-electron chi connectivity index (χ0n) is 9.84. The van der Waals surface area contributed by atoms with Gasteiger partial charge in [-0.3, -0.25) is 9.59 Å². The van der Waals surface area contributed by atoms with Crippen molar-refractivity contribution in [1.29, 1.82) is 0 Å². The largest absolute Gasteiger partial charge is 0.465 e. The van der Waals surface area contributed by atoms with Gasteiger partial charge in [0.15, 0.2) is 12.0 Å². The molecule has 94 valence electrons. The molecule has 0 atom stereocenters. The van der Waals surface area contributed by atoms with Crippen molar-refractivity contribution in [3.63, 3.8) is 0 Å². The van der Waals surface area contributed by atoms with Crippen molar-refractivity contribution in [3.8, 4) is 0 Å². The molecule has 0 amide bonds. The summed E-state index contributed by atoms with van der Waals surface area (Å²) in [6.45, 7) is 2.11. The molecule has 18 heavy (non-hydrogen) atoms. The van der Waals surface area contributed by atoms with Crippen molar-refractivity contribution in [2.24, 2.45) is 0 Å². The van der Waals surface area contributed by atoms with E-state index in [9.17, 15) is 9.59 Å². The van der Waals surface area contributed by atoms with Crippen LogP contribution in [0.1, 0.15) is 17.5 Å². The number of hydrogen-bond donors (Lipinski definition) is 0. The van der Waals surface area contributed by atoms with Gasteiger partial charge in [0.05, 0.1) is 17.3 Å². The number of furan rings is 1. The summed E-state index contributed by atoms with van der Waals surface area (Å²) in [5.41, 5.74) is 0.644. The Balaban J connectivity index is 2.25. The Labute approximate surface area is 108 Å². The second kappa shape index (κ2) is 5.73. The van der Waals surface area contributed by atoms with Gasteiger partial charge in [0, 0.05) is 5.39 Å². The third-order valence-corrected chi connectivity index (χ3v) is 3.41. The summed E-state index contributed by atoms with van der Waals surface area (Å²) in [5, 5.41) is 0.842. The molecule has 0 aliphatic heterocycles. The van der Waals surface area contributed by atoms with Crippen molar-refractivity contribution in [2.75, 3.05) is 12.4 Å².